The summed E-state index contributed by atoms with van der Waals surface area (Å²) in [5, 5.41) is 26.7. The second-order valence-electron chi connectivity index (χ2n) is 4.13. The minimum absolute atomic E-state index is 0.148. The Morgan fingerprint density at radius 3 is 1.90 bits per heavy atom. The zero-order chi connectivity index (χ0) is 15.9. The molecule has 0 aliphatic rings. The summed E-state index contributed by atoms with van der Waals surface area (Å²) in [6.07, 6.45) is -2.94. The van der Waals surface area contributed by atoms with Crippen LogP contribution in [0.25, 0.3) is 0 Å². The van der Waals surface area contributed by atoms with Gasteiger partial charge in [-0.2, -0.15) is 0 Å². The first-order valence-electron chi connectivity index (χ1n) is 5.47. The molecule has 3 N–H and O–H groups in total. The highest BCUT2D eigenvalue weighted by molar-refractivity contribution is 5.92. The Morgan fingerprint density at radius 1 is 0.950 bits per heavy atom. The van der Waals surface area contributed by atoms with E-state index in [2.05, 4.69) is 4.74 Å². The Kier molecular flexibility index (Phi) is 6.50. The third kappa shape index (κ3) is 6.59. The van der Waals surface area contributed by atoms with Crippen molar-refractivity contribution < 1.29 is 44.0 Å². The zero-order valence-corrected chi connectivity index (χ0v) is 10.6. The predicted molar refractivity (Wildman–Crippen MR) is 60.5 cm³/mol. The van der Waals surface area contributed by atoms with Gasteiger partial charge in [0, 0.05) is 6.42 Å². The van der Waals surface area contributed by atoms with E-state index in [1.807, 2.05) is 0 Å². The van der Waals surface area contributed by atoms with Gasteiger partial charge in [-0.25, -0.2) is 4.79 Å². The Hall–Kier alpha value is -2.29. The molecular formula is C11H14O9. The standard InChI is InChI=1S/C11H14O9/c1-6(12)2-3-8(15)20-9(16)5-11(19,10(17)18)4-7(13)14/h19H,2-5H2,1H3,(H,13,14)(H,17,18). The minimum Gasteiger partial charge on any atom is -0.481 e. The molecule has 0 aromatic heterocycles. The Balaban J connectivity index is 4.55. The molecule has 0 heterocycles. The lowest BCUT2D eigenvalue weighted by Gasteiger charge is -2.19. The van der Waals surface area contributed by atoms with Gasteiger partial charge < -0.3 is 24.9 Å². The van der Waals surface area contributed by atoms with Gasteiger partial charge in [-0.3, -0.25) is 14.4 Å². The summed E-state index contributed by atoms with van der Waals surface area (Å²) in [5.41, 5.74) is -2.86. The van der Waals surface area contributed by atoms with Crippen LogP contribution in [0.1, 0.15) is 32.6 Å². The maximum absolute atomic E-state index is 11.3. The first kappa shape index (κ1) is 17.7. The van der Waals surface area contributed by atoms with Gasteiger partial charge in [0.1, 0.15) is 5.78 Å². The molecule has 0 spiro atoms. The molecule has 1 atom stereocenters. The summed E-state index contributed by atoms with van der Waals surface area (Å²) in [7, 11) is 0. The number of aliphatic carboxylic acids is 2. The van der Waals surface area contributed by atoms with Crippen LogP contribution in [-0.2, 0) is 28.7 Å². The normalized spacial score (nSPS) is 13.1. The fourth-order valence-electron chi connectivity index (χ4n) is 1.19. The highest BCUT2D eigenvalue weighted by atomic mass is 16.6. The van der Waals surface area contributed by atoms with Gasteiger partial charge in [0.05, 0.1) is 19.3 Å². The lowest BCUT2D eigenvalue weighted by Crippen LogP contribution is -2.43. The third-order valence-electron chi connectivity index (χ3n) is 2.19. The first-order valence-corrected chi connectivity index (χ1v) is 5.47. The lowest BCUT2D eigenvalue weighted by atomic mass is 9.96. The SMILES string of the molecule is CC(=O)CCC(=O)OC(=O)CC(O)(CC(=O)O)C(=O)O. The predicted octanol–water partition coefficient (Wildman–Crippen LogP) is -0.894. The van der Waals surface area contributed by atoms with Crippen molar-refractivity contribution in [1.82, 2.24) is 0 Å². The van der Waals surface area contributed by atoms with Gasteiger partial charge >= 0.3 is 23.9 Å². The van der Waals surface area contributed by atoms with Gasteiger partial charge in [0.15, 0.2) is 5.60 Å². The van der Waals surface area contributed by atoms with Crippen LogP contribution in [-0.4, -0.2) is 50.6 Å². The Labute approximate surface area is 113 Å². The zero-order valence-electron chi connectivity index (χ0n) is 10.6. The molecule has 0 aliphatic carbocycles. The number of hydrogen-bond donors (Lipinski definition) is 3. The van der Waals surface area contributed by atoms with Crippen LogP contribution >= 0.6 is 0 Å². The number of carboxylic acids is 2. The van der Waals surface area contributed by atoms with E-state index in [1.165, 1.54) is 6.92 Å². The molecule has 0 aliphatic heterocycles. The molecule has 0 saturated carbocycles. The van der Waals surface area contributed by atoms with Gasteiger partial charge in [-0.1, -0.05) is 0 Å². The summed E-state index contributed by atoms with van der Waals surface area (Å²) in [6, 6.07) is 0. The van der Waals surface area contributed by atoms with Crippen molar-refractivity contribution in [1.29, 1.82) is 0 Å². The van der Waals surface area contributed by atoms with E-state index in [0.717, 1.165) is 0 Å². The number of rotatable bonds is 8. The monoisotopic (exact) mass is 290 g/mol. The van der Waals surface area contributed by atoms with Gasteiger partial charge in [-0.05, 0) is 6.92 Å². The molecular weight excluding hydrogens is 276 g/mol. The van der Waals surface area contributed by atoms with E-state index in [0.29, 0.717) is 0 Å². The van der Waals surface area contributed by atoms with Crippen LogP contribution in [0.2, 0.25) is 0 Å². The average molecular weight is 290 g/mol. The van der Waals surface area contributed by atoms with E-state index in [9.17, 15) is 29.1 Å². The molecule has 9 nitrogen and oxygen atoms in total. The Bertz CT molecular complexity index is 439. The van der Waals surface area contributed by atoms with Crippen molar-refractivity contribution in [2.24, 2.45) is 0 Å². The van der Waals surface area contributed by atoms with E-state index < -0.39 is 42.3 Å². The van der Waals surface area contributed by atoms with Crippen molar-refractivity contribution in [3.05, 3.63) is 0 Å². The van der Waals surface area contributed by atoms with Crippen LogP contribution in [0.5, 0.6) is 0 Å². The van der Waals surface area contributed by atoms with Gasteiger partial charge in [-0.15, -0.1) is 0 Å². The highest BCUT2D eigenvalue weighted by Gasteiger charge is 2.41. The number of carbonyl (C=O) groups excluding carboxylic acids is 3. The summed E-state index contributed by atoms with van der Waals surface area (Å²) >= 11 is 0. The molecule has 0 saturated heterocycles. The highest BCUT2D eigenvalue weighted by Crippen LogP contribution is 2.17. The molecule has 0 fully saturated rings. The molecule has 0 aromatic rings. The lowest BCUT2D eigenvalue weighted by molar-refractivity contribution is -0.174. The van der Waals surface area contributed by atoms with Crippen molar-refractivity contribution in [3.8, 4) is 0 Å². The number of hydrogen-bond acceptors (Lipinski definition) is 7. The quantitative estimate of drug-likeness (QED) is 0.381. The van der Waals surface area contributed by atoms with Gasteiger partial charge in [0.2, 0.25) is 0 Å². The molecule has 0 bridgehead atoms. The number of esters is 2. The second-order valence-corrected chi connectivity index (χ2v) is 4.13. The summed E-state index contributed by atoms with van der Waals surface area (Å²) in [4.78, 5) is 54.1. The number of carboxylic acid groups (broad SMARTS) is 2. The number of carbonyl (C=O) groups is 5. The van der Waals surface area contributed by atoms with E-state index in [1.54, 1.807) is 0 Å². The minimum atomic E-state index is -2.86. The maximum Gasteiger partial charge on any atom is 0.336 e. The third-order valence-corrected chi connectivity index (χ3v) is 2.19. The second kappa shape index (κ2) is 7.34. The number of ketones is 1. The smallest absolute Gasteiger partial charge is 0.336 e. The summed E-state index contributed by atoms with van der Waals surface area (Å²) in [5.74, 6) is -6.31. The summed E-state index contributed by atoms with van der Waals surface area (Å²) < 4.78 is 4.18. The van der Waals surface area contributed by atoms with Crippen LogP contribution in [0.4, 0.5) is 0 Å². The fraction of sp³-hybridized carbons (Fsp3) is 0.545. The van der Waals surface area contributed by atoms with E-state index >= 15 is 0 Å². The molecule has 0 amide bonds. The van der Waals surface area contributed by atoms with Crippen molar-refractivity contribution in [3.63, 3.8) is 0 Å². The van der Waals surface area contributed by atoms with Crippen LogP contribution < -0.4 is 0 Å². The molecule has 0 rings (SSSR count). The number of Topliss-reactive ketones (excluding diaryl/α,β-unsaturated/α-hetero) is 1. The molecule has 112 valence electrons. The average Bonchev–Trinajstić information content (AvgIpc) is 2.24. The molecule has 0 radical (unpaired) electrons. The van der Waals surface area contributed by atoms with Crippen LogP contribution in [0.15, 0.2) is 0 Å². The van der Waals surface area contributed by atoms with Crippen LogP contribution in [0, 0.1) is 0 Å². The summed E-state index contributed by atoms with van der Waals surface area (Å²) in [6.45, 7) is 1.23. The molecule has 1 unspecified atom stereocenters. The fourth-order valence-corrected chi connectivity index (χ4v) is 1.19. The molecule has 20 heavy (non-hydrogen) atoms. The molecule has 9 heteroatoms. The van der Waals surface area contributed by atoms with Crippen LogP contribution in [0.3, 0.4) is 0 Å². The maximum atomic E-state index is 11.3. The van der Waals surface area contributed by atoms with Crippen molar-refractivity contribution in [2.75, 3.05) is 0 Å². The molecule has 0 aromatic carbocycles. The van der Waals surface area contributed by atoms with Crippen molar-refractivity contribution in [2.45, 2.75) is 38.2 Å². The van der Waals surface area contributed by atoms with Crippen molar-refractivity contribution >= 4 is 29.7 Å². The van der Waals surface area contributed by atoms with E-state index in [-0.39, 0.29) is 18.6 Å². The van der Waals surface area contributed by atoms with Gasteiger partial charge in [0.25, 0.3) is 0 Å². The number of ether oxygens (including phenoxy) is 1. The Morgan fingerprint density at radius 2 is 1.50 bits per heavy atom. The first-order chi connectivity index (χ1) is 9.06. The topological polar surface area (TPSA) is 155 Å². The largest absolute Gasteiger partial charge is 0.481 e. The number of aliphatic hydroxyl groups is 1. The van der Waals surface area contributed by atoms with E-state index in [4.69, 9.17) is 10.2 Å².